The number of nitrogens with zero attached hydrogens (tertiary/aromatic N) is 1. The summed E-state index contributed by atoms with van der Waals surface area (Å²) in [5.74, 6) is -1.48. The van der Waals surface area contributed by atoms with Crippen molar-refractivity contribution in [1.82, 2.24) is 4.90 Å². The van der Waals surface area contributed by atoms with Gasteiger partial charge in [0.1, 0.15) is 5.82 Å². The Balaban J connectivity index is 2.17. The largest absolute Gasteiger partial charge is 0.419 e. The van der Waals surface area contributed by atoms with Crippen LogP contribution < -0.4 is 0 Å². The predicted octanol–water partition coefficient (Wildman–Crippen LogP) is 4.09. The molecule has 0 saturated carbocycles. The Morgan fingerprint density at radius 2 is 2.10 bits per heavy atom. The summed E-state index contributed by atoms with van der Waals surface area (Å²) in [5.41, 5.74) is -1.52. The van der Waals surface area contributed by atoms with Crippen molar-refractivity contribution in [3.8, 4) is 0 Å². The Kier molecular flexibility index (Phi) is 4.91. The normalized spacial score (nSPS) is 19.1. The molecule has 0 N–H and O–H groups in total. The van der Waals surface area contributed by atoms with E-state index >= 15 is 0 Å². The van der Waals surface area contributed by atoms with Gasteiger partial charge >= 0.3 is 6.18 Å². The van der Waals surface area contributed by atoms with Gasteiger partial charge in [-0.15, -0.1) is 0 Å². The number of carbonyl (C=O) groups excluding carboxylic acids is 1. The van der Waals surface area contributed by atoms with Crippen molar-refractivity contribution in [2.45, 2.75) is 19.0 Å². The van der Waals surface area contributed by atoms with Gasteiger partial charge in [-0.3, -0.25) is 4.79 Å². The van der Waals surface area contributed by atoms with Gasteiger partial charge in [0.2, 0.25) is 0 Å². The molecule has 1 atom stereocenters. The van der Waals surface area contributed by atoms with Crippen molar-refractivity contribution < 1.29 is 22.4 Å². The van der Waals surface area contributed by atoms with E-state index < -0.39 is 23.5 Å². The van der Waals surface area contributed by atoms with Crippen LogP contribution in [0.2, 0.25) is 0 Å². The van der Waals surface area contributed by atoms with Crippen LogP contribution in [0.25, 0.3) is 0 Å². The van der Waals surface area contributed by atoms with Gasteiger partial charge in [0, 0.05) is 24.0 Å². The third-order valence-corrected chi connectivity index (χ3v) is 4.07. The van der Waals surface area contributed by atoms with Crippen molar-refractivity contribution in [1.29, 1.82) is 0 Å². The second-order valence-corrected chi connectivity index (χ2v) is 5.87. The summed E-state index contributed by atoms with van der Waals surface area (Å²) in [6, 6.07) is 2.39. The molecule has 1 aromatic rings. The maximum Gasteiger partial charge on any atom is 0.419 e. The average Bonchev–Trinajstić information content (AvgIpc) is 2.86. The first-order valence-electron chi connectivity index (χ1n) is 6.55. The summed E-state index contributed by atoms with van der Waals surface area (Å²) in [6.45, 7) is 1.05. The number of benzene rings is 1. The zero-order valence-electron chi connectivity index (χ0n) is 11.1. The van der Waals surface area contributed by atoms with Crippen LogP contribution in [0.5, 0.6) is 0 Å². The molecule has 1 unspecified atom stereocenters. The lowest BCUT2D eigenvalue weighted by Gasteiger charge is -2.17. The molecule has 21 heavy (non-hydrogen) atoms. The minimum atomic E-state index is -4.80. The summed E-state index contributed by atoms with van der Waals surface area (Å²) >= 11 is 3.33. The number of alkyl halides is 4. The molecule has 1 aromatic carbocycles. The molecule has 0 spiro atoms. The minimum Gasteiger partial charge on any atom is -0.338 e. The summed E-state index contributed by atoms with van der Waals surface area (Å²) in [7, 11) is 0. The molecule has 0 aromatic heterocycles. The standard InChI is InChI=1S/C14H14BrF4NO/c15-5-3-9-4-6-20(8-9)13(21)10-1-2-12(16)11(7-10)14(17,18)19/h1-2,7,9H,3-6,8H2. The lowest BCUT2D eigenvalue weighted by molar-refractivity contribution is -0.140. The van der Waals surface area contributed by atoms with Crippen LogP contribution in [0, 0.1) is 11.7 Å². The zero-order valence-corrected chi connectivity index (χ0v) is 12.7. The Labute approximate surface area is 128 Å². The fourth-order valence-corrected chi connectivity index (χ4v) is 3.11. The molecule has 2 nitrogen and oxygen atoms in total. The number of hydrogen-bond donors (Lipinski definition) is 0. The van der Waals surface area contributed by atoms with Crippen LogP contribution in [0.15, 0.2) is 18.2 Å². The van der Waals surface area contributed by atoms with Gasteiger partial charge in [0.15, 0.2) is 0 Å². The van der Waals surface area contributed by atoms with E-state index in [-0.39, 0.29) is 5.56 Å². The second kappa shape index (κ2) is 6.34. The molecule has 2 rings (SSSR count). The summed E-state index contributed by atoms with van der Waals surface area (Å²) in [6.07, 6.45) is -3.05. The monoisotopic (exact) mass is 367 g/mol. The van der Waals surface area contributed by atoms with Crippen LogP contribution in [0.4, 0.5) is 17.6 Å². The van der Waals surface area contributed by atoms with Gasteiger partial charge in [-0.2, -0.15) is 13.2 Å². The van der Waals surface area contributed by atoms with Gasteiger partial charge in [-0.25, -0.2) is 4.39 Å². The molecule has 0 bridgehead atoms. The van der Waals surface area contributed by atoms with Crippen LogP contribution in [0.1, 0.15) is 28.8 Å². The number of halogens is 5. The summed E-state index contributed by atoms with van der Waals surface area (Å²) in [4.78, 5) is 13.7. The Morgan fingerprint density at radius 3 is 2.71 bits per heavy atom. The van der Waals surface area contributed by atoms with E-state index in [0.29, 0.717) is 31.1 Å². The molecule has 1 heterocycles. The summed E-state index contributed by atoms with van der Waals surface area (Å²) in [5, 5.41) is 0.828. The van der Waals surface area contributed by atoms with Crippen LogP contribution >= 0.6 is 15.9 Å². The van der Waals surface area contributed by atoms with E-state index in [4.69, 9.17) is 0 Å². The Hall–Kier alpha value is -1.11. The molecule has 1 fully saturated rings. The van der Waals surface area contributed by atoms with Gasteiger partial charge in [-0.1, -0.05) is 15.9 Å². The van der Waals surface area contributed by atoms with E-state index in [1.807, 2.05) is 0 Å². The van der Waals surface area contributed by atoms with Gasteiger partial charge in [-0.05, 0) is 37.0 Å². The van der Waals surface area contributed by atoms with Gasteiger partial charge in [0.05, 0.1) is 5.56 Å². The lowest BCUT2D eigenvalue weighted by atomic mass is 10.1. The van der Waals surface area contributed by atoms with Crippen molar-refractivity contribution in [3.63, 3.8) is 0 Å². The number of carbonyl (C=O) groups is 1. The molecule has 1 aliphatic heterocycles. The molecule has 0 aliphatic carbocycles. The van der Waals surface area contributed by atoms with Crippen LogP contribution in [-0.2, 0) is 6.18 Å². The van der Waals surface area contributed by atoms with E-state index in [1.165, 1.54) is 4.90 Å². The molecule has 1 aliphatic rings. The van der Waals surface area contributed by atoms with Crippen LogP contribution in [0.3, 0.4) is 0 Å². The Bertz CT molecular complexity index is 532. The predicted molar refractivity (Wildman–Crippen MR) is 73.8 cm³/mol. The van der Waals surface area contributed by atoms with Crippen molar-refractivity contribution in [2.75, 3.05) is 18.4 Å². The highest BCUT2D eigenvalue weighted by Crippen LogP contribution is 2.32. The third kappa shape index (κ3) is 3.75. The molecular formula is C14H14BrF4NO. The first-order chi connectivity index (χ1) is 9.82. The molecule has 1 saturated heterocycles. The number of amides is 1. The van der Waals surface area contributed by atoms with Crippen molar-refractivity contribution >= 4 is 21.8 Å². The lowest BCUT2D eigenvalue weighted by Crippen LogP contribution is -2.29. The topological polar surface area (TPSA) is 20.3 Å². The third-order valence-electron chi connectivity index (χ3n) is 3.61. The number of likely N-dealkylation sites (tertiary alicyclic amines) is 1. The number of hydrogen-bond acceptors (Lipinski definition) is 1. The zero-order chi connectivity index (χ0) is 15.6. The maximum absolute atomic E-state index is 13.2. The maximum atomic E-state index is 13.2. The van der Waals surface area contributed by atoms with E-state index in [9.17, 15) is 22.4 Å². The molecule has 0 radical (unpaired) electrons. The van der Waals surface area contributed by atoms with Gasteiger partial charge in [0.25, 0.3) is 5.91 Å². The first-order valence-corrected chi connectivity index (χ1v) is 7.67. The number of rotatable bonds is 3. The van der Waals surface area contributed by atoms with Crippen molar-refractivity contribution in [2.24, 2.45) is 5.92 Å². The summed E-state index contributed by atoms with van der Waals surface area (Å²) < 4.78 is 51.2. The fourth-order valence-electron chi connectivity index (χ4n) is 2.47. The highest BCUT2D eigenvalue weighted by molar-refractivity contribution is 9.09. The minimum absolute atomic E-state index is 0.122. The quantitative estimate of drug-likeness (QED) is 0.581. The molecule has 7 heteroatoms. The SMILES string of the molecule is O=C(c1ccc(F)c(C(F)(F)F)c1)N1CCC(CCBr)C1. The average molecular weight is 368 g/mol. The molecule has 1 amide bonds. The van der Waals surface area contributed by atoms with E-state index in [1.54, 1.807) is 0 Å². The second-order valence-electron chi connectivity index (χ2n) is 5.08. The highest BCUT2D eigenvalue weighted by Gasteiger charge is 2.35. The molecule has 116 valence electrons. The van der Waals surface area contributed by atoms with E-state index in [2.05, 4.69) is 15.9 Å². The first kappa shape index (κ1) is 16.3. The fraction of sp³-hybridized carbons (Fsp3) is 0.500. The van der Waals surface area contributed by atoms with Crippen LogP contribution in [-0.4, -0.2) is 29.2 Å². The van der Waals surface area contributed by atoms with Gasteiger partial charge < -0.3 is 4.90 Å². The molecular weight excluding hydrogens is 354 g/mol. The van der Waals surface area contributed by atoms with Crippen molar-refractivity contribution in [3.05, 3.63) is 35.1 Å². The smallest absolute Gasteiger partial charge is 0.338 e. The Morgan fingerprint density at radius 1 is 1.38 bits per heavy atom. The van der Waals surface area contributed by atoms with E-state index in [0.717, 1.165) is 24.2 Å². The highest BCUT2D eigenvalue weighted by atomic mass is 79.9.